The predicted octanol–water partition coefficient (Wildman–Crippen LogP) is 5.91. The fourth-order valence-electron chi connectivity index (χ4n) is 2.27. The number of nitrogens with zero attached hydrogens (tertiary/aromatic N) is 3. The number of hydrogen-bond donors (Lipinski definition) is 0. The van der Waals surface area contributed by atoms with Gasteiger partial charge in [0.05, 0.1) is 0 Å². The summed E-state index contributed by atoms with van der Waals surface area (Å²) in [7, 11) is 0. The number of ketones is 1. The largest absolute Gasteiger partial charge is 0.285 e. The summed E-state index contributed by atoms with van der Waals surface area (Å²) < 4.78 is -4.05. The summed E-state index contributed by atoms with van der Waals surface area (Å²) in [4.78, 5) is 24.8. The van der Waals surface area contributed by atoms with Crippen LogP contribution in [0.3, 0.4) is 0 Å². The molecule has 2 aromatic carbocycles. The third-order valence-corrected chi connectivity index (χ3v) is 4.39. The van der Waals surface area contributed by atoms with Gasteiger partial charge in [0.15, 0.2) is 11.6 Å². The predicted molar refractivity (Wildman–Crippen MR) is 106 cm³/mol. The maximum atomic E-state index is 13.0. The number of carbonyl (C=O) groups is 1. The van der Waals surface area contributed by atoms with Crippen molar-refractivity contribution in [2.75, 3.05) is 0 Å². The van der Waals surface area contributed by atoms with Crippen molar-refractivity contribution in [1.29, 1.82) is 0 Å². The number of fused-ring (bicyclic) bond motifs is 1. The normalized spacial score (nSPS) is 12.4. The minimum Gasteiger partial charge on any atom is -0.285 e. The lowest BCUT2D eigenvalue weighted by molar-refractivity contribution is 0.103. The second kappa shape index (κ2) is 7.27. The molecule has 0 saturated heterocycles. The Morgan fingerprint density at radius 3 is 1.85 bits per heavy atom. The Morgan fingerprint density at radius 1 is 0.731 bits per heavy atom. The van der Waals surface area contributed by atoms with E-state index in [1.165, 1.54) is 0 Å². The first kappa shape index (κ1) is 19.9. The Hall–Kier alpha value is -0.880. The molecule has 26 heavy (non-hydrogen) atoms. The van der Waals surface area contributed by atoms with E-state index in [-0.39, 0.29) is 17.5 Å². The number of hydrogen-bond acceptors (Lipinski definition) is 4. The monoisotopic (exact) mass is 467 g/mol. The van der Waals surface area contributed by atoms with E-state index in [0.29, 0.717) is 10.9 Å². The first-order valence-electron chi connectivity index (χ1n) is 7.00. The lowest BCUT2D eigenvalue weighted by Crippen LogP contribution is -2.20. The van der Waals surface area contributed by atoms with Gasteiger partial charge in [0.2, 0.25) is 19.2 Å². The molecule has 0 N–H and O–H groups in total. The molecule has 3 aromatic rings. The van der Waals surface area contributed by atoms with Gasteiger partial charge in [-0.25, -0.2) is 15.0 Å². The van der Waals surface area contributed by atoms with E-state index in [4.69, 9.17) is 69.6 Å². The maximum absolute atomic E-state index is 13.0. The molecule has 0 unspecified atom stereocenters. The second-order valence-electron chi connectivity index (χ2n) is 5.16. The van der Waals surface area contributed by atoms with Crippen LogP contribution in [0.4, 0.5) is 0 Å². The fourth-order valence-corrected chi connectivity index (χ4v) is 2.78. The van der Waals surface area contributed by atoms with Gasteiger partial charge < -0.3 is 0 Å². The van der Waals surface area contributed by atoms with Crippen LogP contribution in [0.25, 0.3) is 10.8 Å². The smallest absolute Gasteiger partial charge is 0.250 e. The van der Waals surface area contributed by atoms with Crippen LogP contribution in [0.5, 0.6) is 0 Å². The SMILES string of the molecule is O=C(c1nc(C(Cl)(Cl)Cl)nc(C(Cl)(Cl)Cl)n1)c1cccc2ccccc12. The van der Waals surface area contributed by atoms with Gasteiger partial charge in [-0.1, -0.05) is 112 Å². The average molecular weight is 470 g/mol. The topological polar surface area (TPSA) is 55.7 Å². The minimum absolute atomic E-state index is 0.293. The van der Waals surface area contributed by atoms with Crippen LogP contribution in [0, 0.1) is 0 Å². The van der Waals surface area contributed by atoms with E-state index >= 15 is 0 Å². The zero-order valence-corrected chi connectivity index (χ0v) is 17.1. The summed E-state index contributed by atoms with van der Waals surface area (Å²) in [5.41, 5.74) is 0.361. The van der Waals surface area contributed by atoms with Crippen molar-refractivity contribution in [1.82, 2.24) is 15.0 Å². The average Bonchev–Trinajstić information content (AvgIpc) is 2.58. The molecule has 3 rings (SSSR count). The van der Waals surface area contributed by atoms with E-state index in [1.54, 1.807) is 18.2 Å². The Bertz CT molecular complexity index is 960. The molecule has 134 valence electrons. The molecule has 1 aromatic heterocycles. The number of aromatic nitrogens is 3. The molecule has 4 nitrogen and oxygen atoms in total. The van der Waals surface area contributed by atoms with Gasteiger partial charge in [0.1, 0.15) is 0 Å². The van der Waals surface area contributed by atoms with Crippen molar-refractivity contribution in [3.63, 3.8) is 0 Å². The number of halogens is 6. The quantitative estimate of drug-likeness (QED) is 0.346. The lowest BCUT2D eigenvalue weighted by Gasteiger charge is -2.15. The maximum Gasteiger partial charge on any atom is 0.250 e. The molecule has 0 aliphatic heterocycles. The standard InChI is InChI=1S/C16H7Cl6N3O/c17-15(18,19)13-23-12(24-14(25-13)16(20,21)22)11(26)10-7-3-5-8-4-1-2-6-9(8)10/h1-7H. The third-order valence-electron chi connectivity index (χ3n) is 3.38. The third kappa shape index (κ3) is 4.16. The highest BCUT2D eigenvalue weighted by molar-refractivity contribution is 6.67. The van der Waals surface area contributed by atoms with Crippen molar-refractivity contribution in [2.24, 2.45) is 0 Å². The van der Waals surface area contributed by atoms with Gasteiger partial charge in [-0.05, 0) is 10.8 Å². The molecule has 0 saturated carbocycles. The second-order valence-corrected chi connectivity index (χ2v) is 9.72. The zero-order chi connectivity index (χ0) is 19.1. The first-order valence-corrected chi connectivity index (χ1v) is 9.27. The number of rotatable bonds is 2. The Kier molecular flexibility index (Phi) is 5.55. The van der Waals surface area contributed by atoms with E-state index in [9.17, 15) is 4.79 Å². The molecule has 0 atom stereocenters. The van der Waals surface area contributed by atoms with Crippen molar-refractivity contribution < 1.29 is 4.79 Å². The van der Waals surface area contributed by atoms with E-state index in [1.807, 2.05) is 24.3 Å². The molecular formula is C16H7Cl6N3O. The first-order chi connectivity index (χ1) is 12.1. The van der Waals surface area contributed by atoms with Gasteiger partial charge in [0, 0.05) is 5.56 Å². The summed E-state index contributed by atoms with van der Waals surface area (Å²) in [5, 5.41) is 1.59. The fraction of sp³-hybridized carbons (Fsp3) is 0.125. The van der Waals surface area contributed by atoms with E-state index in [2.05, 4.69) is 15.0 Å². The van der Waals surface area contributed by atoms with Crippen LogP contribution in [0.1, 0.15) is 27.8 Å². The van der Waals surface area contributed by atoms with Gasteiger partial charge in [0.25, 0.3) is 0 Å². The Labute approximate surface area is 178 Å². The van der Waals surface area contributed by atoms with Crippen molar-refractivity contribution in [3.05, 3.63) is 65.5 Å². The molecule has 0 aliphatic rings. The summed E-state index contributed by atoms with van der Waals surface area (Å²) in [6, 6.07) is 12.6. The molecular weight excluding hydrogens is 463 g/mol. The molecule has 0 amide bonds. The Balaban J connectivity index is 2.20. The van der Waals surface area contributed by atoms with Crippen LogP contribution in [-0.4, -0.2) is 20.7 Å². The van der Waals surface area contributed by atoms with Gasteiger partial charge in [-0.2, -0.15) is 0 Å². The van der Waals surface area contributed by atoms with Crippen LogP contribution >= 0.6 is 69.6 Å². The molecule has 10 heteroatoms. The zero-order valence-electron chi connectivity index (χ0n) is 12.6. The summed E-state index contributed by atoms with van der Waals surface area (Å²) in [6.07, 6.45) is 0. The van der Waals surface area contributed by atoms with Gasteiger partial charge in [-0.15, -0.1) is 0 Å². The summed E-state index contributed by atoms with van der Waals surface area (Å²) >= 11 is 35.0. The van der Waals surface area contributed by atoms with E-state index < -0.39 is 13.4 Å². The summed E-state index contributed by atoms with van der Waals surface area (Å²) in [6.45, 7) is 0. The molecule has 0 aliphatic carbocycles. The van der Waals surface area contributed by atoms with Crippen LogP contribution in [-0.2, 0) is 7.59 Å². The van der Waals surface area contributed by atoms with Crippen molar-refractivity contribution >= 4 is 86.2 Å². The van der Waals surface area contributed by atoms with Crippen LogP contribution < -0.4 is 0 Å². The van der Waals surface area contributed by atoms with Crippen molar-refractivity contribution in [3.8, 4) is 0 Å². The molecule has 1 heterocycles. The number of alkyl halides is 6. The van der Waals surface area contributed by atoms with Crippen LogP contribution in [0.2, 0.25) is 0 Å². The molecule has 0 bridgehead atoms. The number of benzene rings is 2. The minimum atomic E-state index is -2.03. The molecule has 0 radical (unpaired) electrons. The number of carbonyl (C=O) groups excluding carboxylic acids is 1. The van der Waals surface area contributed by atoms with E-state index in [0.717, 1.165) is 5.39 Å². The summed E-state index contributed by atoms with van der Waals surface area (Å²) in [5.74, 6) is -1.45. The van der Waals surface area contributed by atoms with Gasteiger partial charge >= 0.3 is 0 Å². The van der Waals surface area contributed by atoms with Crippen LogP contribution in [0.15, 0.2) is 42.5 Å². The highest BCUT2D eigenvalue weighted by Gasteiger charge is 2.35. The molecule has 0 fully saturated rings. The Morgan fingerprint density at radius 2 is 1.27 bits per heavy atom. The molecule has 0 spiro atoms. The highest BCUT2D eigenvalue weighted by Crippen LogP contribution is 2.40. The lowest BCUT2D eigenvalue weighted by atomic mass is 10.0. The highest BCUT2D eigenvalue weighted by atomic mass is 35.6. The van der Waals surface area contributed by atoms with Gasteiger partial charge in [-0.3, -0.25) is 4.79 Å². The van der Waals surface area contributed by atoms with Crippen molar-refractivity contribution in [2.45, 2.75) is 7.59 Å².